The number of fused-ring (bicyclic) bond motifs is 1. The van der Waals surface area contributed by atoms with Gasteiger partial charge in [0.25, 0.3) is 5.56 Å². The van der Waals surface area contributed by atoms with Crippen LogP contribution in [0.5, 0.6) is 0 Å². The number of nitrogens with zero attached hydrogens (tertiary/aromatic N) is 2. The van der Waals surface area contributed by atoms with Crippen LogP contribution in [0.2, 0.25) is 0 Å². The number of aromatic nitrogens is 3. The first-order valence-corrected chi connectivity index (χ1v) is 8.23. The van der Waals surface area contributed by atoms with Crippen LogP contribution in [0, 0.1) is 0 Å². The van der Waals surface area contributed by atoms with E-state index in [2.05, 4.69) is 9.97 Å². The van der Waals surface area contributed by atoms with Crippen molar-refractivity contribution in [3.05, 3.63) is 16.2 Å². The number of sulfone groups is 1. The van der Waals surface area contributed by atoms with Crippen molar-refractivity contribution in [1.82, 2.24) is 15.0 Å². The highest BCUT2D eigenvalue weighted by atomic mass is 32.2. The molecule has 11 heteroatoms. The lowest BCUT2D eigenvalue weighted by atomic mass is 9.91. The van der Waals surface area contributed by atoms with Crippen molar-refractivity contribution >= 4 is 31.5 Å². The Balaban J connectivity index is 2.75. The summed E-state index contributed by atoms with van der Waals surface area (Å²) in [6, 6.07) is 0. The molecule has 116 valence electrons. The van der Waals surface area contributed by atoms with Gasteiger partial charge in [-0.1, -0.05) is 11.3 Å². The molecule has 6 nitrogen and oxygen atoms in total. The fourth-order valence-electron chi connectivity index (χ4n) is 1.40. The largest absolute Gasteiger partial charge is 0.400 e. The van der Waals surface area contributed by atoms with E-state index in [4.69, 9.17) is 0 Å². The first kappa shape index (κ1) is 15.9. The van der Waals surface area contributed by atoms with E-state index in [-0.39, 0.29) is 14.7 Å². The lowest BCUT2D eigenvalue weighted by Crippen LogP contribution is -2.39. The van der Waals surface area contributed by atoms with Crippen LogP contribution in [0.4, 0.5) is 13.2 Å². The molecule has 0 saturated heterocycles. The summed E-state index contributed by atoms with van der Waals surface area (Å²) >= 11 is 0.562. The zero-order valence-electron chi connectivity index (χ0n) is 11.1. The third-order valence-corrected chi connectivity index (χ3v) is 5.50. The summed E-state index contributed by atoms with van der Waals surface area (Å²) in [4.78, 5) is 21.0. The minimum atomic E-state index is -4.62. The number of aromatic amines is 1. The number of hydrogen-bond donors (Lipinski definition) is 1. The van der Waals surface area contributed by atoms with Crippen molar-refractivity contribution in [3.8, 4) is 0 Å². The smallest absolute Gasteiger partial charge is 0.308 e. The first-order chi connectivity index (χ1) is 9.34. The Labute approximate surface area is 121 Å². The Hall–Kier alpha value is -1.49. The Morgan fingerprint density at radius 1 is 1.19 bits per heavy atom. The number of rotatable bonds is 2. The monoisotopic (exact) mass is 341 g/mol. The molecule has 0 bridgehead atoms. The van der Waals surface area contributed by atoms with E-state index < -0.39 is 32.8 Å². The number of nitrogens with one attached hydrogen (secondary N) is 1. The van der Waals surface area contributed by atoms with Crippen molar-refractivity contribution in [2.45, 2.75) is 29.8 Å². The standard InChI is InChI=1S/C10H10F3N3O3S2/c1-9(2,10(11,12)13)7-15-5(17)4-6(16-7)20-8(14-4)21(3,18)19/h1-3H3,(H,15,16,17). The lowest BCUT2D eigenvalue weighted by Gasteiger charge is -2.26. The fraction of sp³-hybridized carbons (Fsp3) is 0.500. The number of hydrogen-bond acceptors (Lipinski definition) is 6. The molecule has 0 saturated carbocycles. The highest BCUT2D eigenvalue weighted by Crippen LogP contribution is 2.38. The molecule has 2 aromatic rings. The van der Waals surface area contributed by atoms with Gasteiger partial charge in [-0.05, 0) is 13.8 Å². The zero-order valence-corrected chi connectivity index (χ0v) is 12.7. The third kappa shape index (κ3) is 2.67. The highest BCUT2D eigenvalue weighted by Gasteiger charge is 2.50. The van der Waals surface area contributed by atoms with Gasteiger partial charge in [0.2, 0.25) is 14.2 Å². The van der Waals surface area contributed by atoms with Crippen LogP contribution in [0.3, 0.4) is 0 Å². The van der Waals surface area contributed by atoms with E-state index in [1.807, 2.05) is 4.98 Å². The second-order valence-electron chi connectivity index (χ2n) is 4.94. The fourth-order valence-corrected chi connectivity index (χ4v) is 3.18. The molecule has 0 spiro atoms. The van der Waals surface area contributed by atoms with Crippen LogP contribution >= 0.6 is 11.3 Å². The number of halogens is 3. The quantitative estimate of drug-likeness (QED) is 0.896. The van der Waals surface area contributed by atoms with E-state index in [0.717, 1.165) is 20.1 Å². The molecule has 0 aliphatic heterocycles. The van der Waals surface area contributed by atoms with Crippen LogP contribution < -0.4 is 5.56 Å². The van der Waals surface area contributed by atoms with Crippen LogP contribution in [0.25, 0.3) is 10.3 Å². The molecule has 1 N–H and O–H groups in total. The second kappa shape index (κ2) is 4.50. The Bertz CT molecular complexity index is 865. The molecule has 2 heterocycles. The van der Waals surface area contributed by atoms with E-state index >= 15 is 0 Å². The van der Waals surface area contributed by atoms with Crippen molar-refractivity contribution in [3.63, 3.8) is 0 Å². The van der Waals surface area contributed by atoms with Gasteiger partial charge in [0, 0.05) is 6.26 Å². The Kier molecular flexibility index (Phi) is 3.41. The minimum absolute atomic E-state index is 0.147. The molecular weight excluding hydrogens is 331 g/mol. The van der Waals surface area contributed by atoms with Gasteiger partial charge in [0.05, 0.1) is 0 Å². The molecule has 0 atom stereocenters. The number of thiazole rings is 1. The maximum absolute atomic E-state index is 13.0. The van der Waals surface area contributed by atoms with Crippen molar-refractivity contribution in [1.29, 1.82) is 0 Å². The van der Waals surface area contributed by atoms with Crippen molar-refractivity contribution < 1.29 is 21.6 Å². The summed E-state index contributed by atoms with van der Waals surface area (Å²) in [6.45, 7) is 1.74. The molecule has 0 amide bonds. The molecular formula is C10H10F3N3O3S2. The number of alkyl halides is 3. The van der Waals surface area contributed by atoms with Crippen LogP contribution in [0.15, 0.2) is 9.13 Å². The van der Waals surface area contributed by atoms with E-state index in [9.17, 15) is 26.4 Å². The van der Waals surface area contributed by atoms with Gasteiger partial charge in [0.1, 0.15) is 11.2 Å². The van der Waals surface area contributed by atoms with Gasteiger partial charge < -0.3 is 4.98 Å². The van der Waals surface area contributed by atoms with Gasteiger partial charge in [0.15, 0.2) is 10.3 Å². The molecule has 0 aromatic carbocycles. The van der Waals surface area contributed by atoms with Crippen molar-refractivity contribution in [2.24, 2.45) is 0 Å². The summed E-state index contributed by atoms with van der Waals surface area (Å²) in [5.74, 6) is -0.587. The topological polar surface area (TPSA) is 92.8 Å². The van der Waals surface area contributed by atoms with E-state index in [0.29, 0.717) is 11.3 Å². The highest BCUT2D eigenvalue weighted by molar-refractivity contribution is 7.92. The SMILES string of the molecule is CC(C)(c1nc2sc(S(C)(=O)=O)nc2c(=O)[nH]1)C(F)(F)F. The molecule has 0 radical (unpaired) electrons. The van der Waals surface area contributed by atoms with Crippen LogP contribution in [-0.4, -0.2) is 35.8 Å². The van der Waals surface area contributed by atoms with Crippen molar-refractivity contribution in [2.75, 3.05) is 6.26 Å². The molecule has 0 unspecified atom stereocenters. The van der Waals surface area contributed by atoms with Gasteiger partial charge in [-0.25, -0.2) is 18.4 Å². The Morgan fingerprint density at radius 2 is 1.76 bits per heavy atom. The summed E-state index contributed by atoms with van der Waals surface area (Å²) in [5, 5.41) is 0. The zero-order chi connectivity index (χ0) is 16.2. The van der Waals surface area contributed by atoms with Gasteiger partial charge >= 0.3 is 6.18 Å². The van der Waals surface area contributed by atoms with E-state index in [1.54, 1.807) is 0 Å². The maximum Gasteiger partial charge on any atom is 0.400 e. The predicted molar refractivity (Wildman–Crippen MR) is 70.2 cm³/mol. The molecule has 0 fully saturated rings. The lowest BCUT2D eigenvalue weighted by molar-refractivity contribution is -0.182. The van der Waals surface area contributed by atoms with Gasteiger partial charge in [-0.15, -0.1) is 0 Å². The minimum Gasteiger partial charge on any atom is -0.308 e. The average molecular weight is 341 g/mol. The number of H-pyrrole nitrogens is 1. The summed E-state index contributed by atoms with van der Waals surface area (Å²) in [7, 11) is -3.67. The van der Waals surface area contributed by atoms with Gasteiger partial charge in [-0.2, -0.15) is 13.2 Å². The normalized spacial score (nSPS) is 13.8. The molecule has 2 rings (SSSR count). The maximum atomic E-state index is 13.0. The molecule has 2 aromatic heterocycles. The molecule has 0 aliphatic carbocycles. The van der Waals surface area contributed by atoms with Crippen LogP contribution in [0.1, 0.15) is 19.7 Å². The second-order valence-corrected chi connectivity index (χ2v) is 8.11. The predicted octanol–water partition coefficient (Wildman–Crippen LogP) is 1.62. The average Bonchev–Trinajstić information content (AvgIpc) is 2.71. The molecule has 21 heavy (non-hydrogen) atoms. The van der Waals surface area contributed by atoms with E-state index in [1.165, 1.54) is 0 Å². The molecule has 0 aliphatic rings. The van der Waals surface area contributed by atoms with Gasteiger partial charge in [-0.3, -0.25) is 4.79 Å². The van der Waals surface area contributed by atoms with Crippen LogP contribution in [-0.2, 0) is 15.3 Å². The third-order valence-electron chi connectivity index (χ3n) is 2.87. The summed E-state index contributed by atoms with van der Waals surface area (Å²) in [6.07, 6.45) is -3.74. The first-order valence-electron chi connectivity index (χ1n) is 5.52. The summed E-state index contributed by atoms with van der Waals surface area (Å²) in [5.41, 5.74) is -3.57. The summed E-state index contributed by atoms with van der Waals surface area (Å²) < 4.78 is 61.3. The Morgan fingerprint density at radius 3 is 2.24 bits per heavy atom.